The first kappa shape index (κ1) is 14.2. The van der Waals surface area contributed by atoms with Gasteiger partial charge in [0, 0.05) is 10.7 Å². The molecule has 2 rings (SSSR count). The van der Waals surface area contributed by atoms with Gasteiger partial charge in [0.1, 0.15) is 0 Å². The van der Waals surface area contributed by atoms with Crippen LogP contribution in [-0.4, -0.2) is 4.98 Å². The minimum atomic E-state index is -0.0829. The molecule has 1 aromatic carbocycles. The van der Waals surface area contributed by atoms with E-state index in [-0.39, 0.29) is 6.04 Å². The Balaban J connectivity index is 2.11. The lowest BCUT2D eigenvalue weighted by molar-refractivity contribution is 0.692. The fourth-order valence-corrected chi connectivity index (χ4v) is 2.61. The molecule has 1 unspecified atom stereocenters. The predicted octanol–water partition coefficient (Wildman–Crippen LogP) is 4.21. The minimum absolute atomic E-state index is 0.0829. The van der Waals surface area contributed by atoms with Gasteiger partial charge in [-0.3, -0.25) is 4.98 Å². The molecule has 0 aliphatic heterocycles. The molecule has 0 aliphatic carbocycles. The van der Waals surface area contributed by atoms with E-state index >= 15 is 0 Å². The van der Waals surface area contributed by atoms with Gasteiger partial charge in [-0.25, -0.2) is 0 Å². The molecule has 0 bridgehead atoms. The van der Waals surface area contributed by atoms with Crippen LogP contribution in [0.3, 0.4) is 0 Å². The highest BCUT2D eigenvalue weighted by Gasteiger charge is 2.11. The summed E-state index contributed by atoms with van der Waals surface area (Å²) in [5.74, 6) is 0.563. The Morgan fingerprint density at radius 3 is 2.42 bits per heavy atom. The summed E-state index contributed by atoms with van der Waals surface area (Å²) < 4.78 is 0.973. The van der Waals surface area contributed by atoms with Crippen molar-refractivity contribution in [1.29, 1.82) is 0 Å². The fourth-order valence-electron chi connectivity index (χ4n) is 2.06. The number of rotatable bonds is 4. The Bertz CT molecular complexity index is 535. The van der Waals surface area contributed by atoms with Gasteiger partial charge in [-0.05, 0) is 51.5 Å². The van der Waals surface area contributed by atoms with E-state index in [1.54, 1.807) is 6.20 Å². The van der Waals surface area contributed by atoms with Crippen molar-refractivity contribution in [2.75, 3.05) is 0 Å². The number of nitrogens with two attached hydrogens (primary N) is 1. The highest BCUT2D eigenvalue weighted by molar-refractivity contribution is 9.10. The lowest BCUT2D eigenvalue weighted by Gasteiger charge is -2.13. The number of benzene rings is 1. The lowest BCUT2D eigenvalue weighted by atomic mass is 9.98. The van der Waals surface area contributed by atoms with Gasteiger partial charge >= 0.3 is 0 Å². The van der Waals surface area contributed by atoms with Gasteiger partial charge < -0.3 is 5.73 Å². The normalized spacial score (nSPS) is 12.7. The maximum atomic E-state index is 6.23. The van der Waals surface area contributed by atoms with Crippen molar-refractivity contribution >= 4 is 15.9 Å². The second-order valence-electron chi connectivity index (χ2n) is 5.08. The van der Waals surface area contributed by atoms with Crippen molar-refractivity contribution in [3.8, 4) is 0 Å². The number of hydrogen-bond acceptors (Lipinski definition) is 2. The van der Waals surface area contributed by atoms with Crippen LogP contribution in [0.1, 0.15) is 42.6 Å². The van der Waals surface area contributed by atoms with Crippen LogP contribution in [0.25, 0.3) is 0 Å². The SMILES string of the molecule is CC(C)c1ccc(CC(N)c2ncccc2Br)cc1. The second-order valence-corrected chi connectivity index (χ2v) is 5.93. The van der Waals surface area contributed by atoms with E-state index in [0.29, 0.717) is 5.92 Å². The van der Waals surface area contributed by atoms with E-state index in [4.69, 9.17) is 5.73 Å². The Hall–Kier alpha value is -1.19. The molecule has 0 amide bonds. The monoisotopic (exact) mass is 318 g/mol. The standard InChI is InChI=1S/C16H19BrN2/c1-11(2)13-7-5-12(6-8-13)10-15(18)16-14(17)4-3-9-19-16/h3-9,11,15H,10,18H2,1-2H3. The maximum Gasteiger partial charge on any atom is 0.0716 e. The number of aromatic nitrogens is 1. The van der Waals surface area contributed by atoms with E-state index in [9.17, 15) is 0 Å². The molecule has 2 N–H and O–H groups in total. The van der Waals surface area contributed by atoms with E-state index in [0.717, 1.165) is 16.6 Å². The summed E-state index contributed by atoms with van der Waals surface area (Å²) >= 11 is 3.50. The summed E-state index contributed by atoms with van der Waals surface area (Å²) in [7, 11) is 0. The molecule has 0 saturated heterocycles. The largest absolute Gasteiger partial charge is 0.322 e. The molecular weight excluding hydrogens is 300 g/mol. The van der Waals surface area contributed by atoms with Crippen molar-refractivity contribution in [1.82, 2.24) is 4.98 Å². The summed E-state index contributed by atoms with van der Waals surface area (Å²) in [6.45, 7) is 4.40. The summed E-state index contributed by atoms with van der Waals surface area (Å²) in [4.78, 5) is 4.35. The molecule has 0 spiro atoms. The van der Waals surface area contributed by atoms with Gasteiger partial charge in [0.2, 0.25) is 0 Å². The van der Waals surface area contributed by atoms with Crippen LogP contribution < -0.4 is 5.73 Å². The fraction of sp³-hybridized carbons (Fsp3) is 0.312. The lowest BCUT2D eigenvalue weighted by Crippen LogP contribution is -2.15. The van der Waals surface area contributed by atoms with Crippen LogP contribution in [0.4, 0.5) is 0 Å². The van der Waals surface area contributed by atoms with Gasteiger partial charge in [0.05, 0.1) is 11.7 Å². The van der Waals surface area contributed by atoms with Crippen molar-refractivity contribution in [3.63, 3.8) is 0 Å². The second kappa shape index (κ2) is 6.31. The average molecular weight is 319 g/mol. The summed E-state index contributed by atoms with van der Waals surface area (Å²) in [6.07, 6.45) is 2.58. The molecular formula is C16H19BrN2. The molecule has 1 aromatic heterocycles. The van der Waals surface area contributed by atoms with Crippen LogP contribution in [0.5, 0.6) is 0 Å². The highest BCUT2D eigenvalue weighted by Crippen LogP contribution is 2.23. The van der Waals surface area contributed by atoms with Crippen LogP contribution >= 0.6 is 15.9 Å². The van der Waals surface area contributed by atoms with Gasteiger partial charge in [-0.15, -0.1) is 0 Å². The molecule has 3 heteroatoms. The van der Waals surface area contributed by atoms with E-state index in [1.807, 2.05) is 12.1 Å². The molecule has 0 saturated carbocycles. The summed E-state index contributed by atoms with van der Waals surface area (Å²) in [5.41, 5.74) is 9.75. The molecule has 0 aliphatic rings. The van der Waals surface area contributed by atoms with Crippen LogP contribution in [0.2, 0.25) is 0 Å². The molecule has 0 fully saturated rings. The quantitative estimate of drug-likeness (QED) is 0.917. The summed E-state index contributed by atoms with van der Waals surface area (Å²) in [6, 6.07) is 12.5. The molecule has 1 atom stereocenters. The molecule has 2 aromatic rings. The van der Waals surface area contributed by atoms with Crippen molar-refractivity contribution in [2.45, 2.75) is 32.2 Å². The Morgan fingerprint density at radius 1 is 1.16 bits per heavy atom. The number of halogens is 1. The average Bonchev–Trinajstić information content (AvgIpc) is 2.39. The zero-order valence-corrected chi connectivity index (χ0v) is 12.9. The molecule has 100 valence electrons. The third-order valence-electron chi connectivity index (χ3n) is 3.24. The maximum absolute atomic E-state index is 6.23. The highest BCUT2D eigenvalue weighted by atomic mass is 79.9. The van der Waals surface area contributed by atoms with E-state index in [2.05, 4.69) is 59.0 Å². The van der Waals surface area contributed by atoms with E-state index < -0.39 is 0 Å². The van der Waals surface area contributed by atoms with Crippen LogP contribution in [0, 0.1) is 0 Å². The molecule has 2 nitrogen and oxygen atoms in total. The minimum Gasteiger partial charge on any atom is -0.322 e. The van der Waals surface area contributed by atoms with Gasteiger partial charge in [-0.1, -0.05) is 38.1 Å². The molecule has 19 heavy (non-hydrogen) atoms. The topological polar surface area (TPSA) is 38.9 Å². The summed E-state index contributed by atoms with van der Waals surface area (Å²) in [5, 5.41) is 0. The van der Waals surface area contributed by atoms with E-state index in [1.165, 1.54) is 11.1 Å². The number of nitrogens with zero attached hydrogens (tertiary/aromatic N) is 1. The van der Waals surface area contributed by atoms with Crippen LogP contribution in [-0.2, 0) is 6.42 Å². The third-order valence-corrected chi connectivity index (χ3v) is 3.91. The first-order valence-electron chi connectivity index (χ1n) is 6.52. The van der Waals surface area contributed by atoms with Gasteiger partial charge in [0.25, 0.3) is 0 Å². The smallest absolute Gasteiger partial charge is 0.0716 e. The molecule has 1 heterocycles. The zero-order valence-electron chi connectivity index (χ0n) is 11.3. The van der Waals surface area contributed by atoms with Crippen LogP contribution in [0.15, 0.2) is 47.1 Å². The van der Waals surface area contributed by atoms with Crippen molar-refractivity contribution in [2.24, 2.45) is 5.73 Å². The molecule has 0 radical (unpaired) electrons. The Kier molecular flexibility index (Phi) is 4.72. The van der Waals surface area contributed by atoms with Crippen molar-refractivity contribution < 1.29 is 0 Å². The van der Waals surface area contributed by atoms with Gasteiger partial charge in [0.15, 0.2) is 0 Å². The zero-order chi connectivity index (χ0) is 13.8. The van der Waals surface area contributed by atoms with Crippen molar-refractivity contribution in [3.05, 3.63) is 63.9 Å². The number of pyridine rings is 1. The Labute approximate surface area is 123 Å². The first-order chi connectivity index (χ1) is 9.08. The predicted molar refractivity (Wildman–Crippen MR) is 83.1 cm³/mol. The third kappa shape index (κ3) is 3.64. The van der Waals surface area contributed by atoms with Gasteiger partial charge in [-0.2, -0.15) is 0 Å². The Morgan fingerprint density at radius 2 is 1.84 bits per heavy atom. The first-order valence-corrected chi connectivity index (χ1v) is 7.32. The number of hydrogen-bond donors (Lipinski definition) is 1.